The van der Waals surface area contributed by atoms with Crippen LogP contribution in [0.3, 0.4) is 0 Å². The van der Waals surface area contributed by atoms with E-state index in [9.17, 15) is 13.2 Å². The van der Waals surface area contributed by atoms with Crippen LogP contribution in [-0.4, -0.2) is 57.4 Å². The summed E-state index contributed by atoms with van der Waals surface area (Å²) in [5.74, 6) is -1.28. The Labute approximate surface area is 95.5 Å². The van der Waals surface area contributed by atoms with Crippen molar-refractivity contribution in [3.8, 4) is 0 Å². The summed E-state index contributed by atoms with van der Waals surface area (Å²) in [5.41, 5.74) is 0. The molecule has 0 aromatic carbocycles. The lowest BCUT2D eigenvalue weighted by molar-refractivity contribution is -0.136. The molecule has 1 atom stereocenters. The molecular formula is C9H18O6S. The maximum absolute atomic E-state index is 11.5. The first-order chi connectivity index (χ1) is 7.40. The largest absolute Gasteiger partial charge is 0.481 e. The first-order valence-electron chi connectivity index (χ1n) is 4.90. The maximum Gasteiger partial charge on any atom is 0.304 e. The molecule has 96 valence electrons. The van der Waals surface area contributed by atoms with Gasteiger partial charge < -0.3 is 14.6 Å². The molecule has 1 N–H and O–H groups in total. The summed E-state index contributed by atoms with van der Waals surface area (Å²) in [5, 5.41) is 7.60. The minimum absolute atomic E-state index is 0.0651. The summed E-state index contributed by atoms with van der Waals surface area (Å²) in [4.78, 5) is 10.4. The average molecular weight is 254 g/mol. The first-order valence-corrected chi connectivity index (χ1v) is 6.61. The van der Waals surface area contributed by atoms with Crippen LogP contribution < -0.4 is 0 Å². The molecule has 16 heavy (non-hydrogen) atoms. The fourth-order valence-electron chi connectivity index (χ4n) is 0.993. The van der Waals surface area contributed by atoms with E-state index >= 15 is 0 Å². The highest BCUT2D eigenvalue weighted by molar-refractivity contribution is 7.92. The van der Waals surface area contributed by atoms with E-state index in [1.807, 2.05) is 0 Å². The topological polar surface area (TPSA) is 89.9 Å². The molecule has 0 aliphatic carbocycles. The predicted octanol–water partition coefficient (Wildman–Crippen LogP) is -0.0726. The van der Waals surface area contributed by atoms with E-state index in [4.69, 9.17) is 14.6 Å². The molecule has 0 saturated heterocycles. The van der Waals surface area contributed by atoms with Crippen molar-refractivity contribution in [3.05, 3.63) is 0 Å². The number of aliphatic carboxylic acids is 1. The summed E-state index contributed by atoms with van der Waals surface area (Å²) in [6, 6.07) is 0. The number of carbonyl (C=O) groups is 1. The summed E-state index contributed by atoms with van der Waals surface area (Å²) in [7, 11) is -1.87. The van der Waals surface area contributed by atoms with Crippen molar-refractivity contribution in [2.45, 2.75) is 18.6 Å². The van der Waals surface area contributed by atoms with Gasteiger partial charge in [-0.25, -0.2) is 8.42 Å². The second-order valence-electron chi connectivity index (χ2n) is 3.38. The molecule has 0 heterocycles. The van der Waals surface area contributed by atoms with Gasteiger partial charge in [-0.1, -0.05) is 0 Å². The van der Waals surface area contributed by atoms with Gasteiger partial charge in [-0.2, -0.15) is 0 Å². The van der Waals surface area contributed by atoms with Crippen LogP contribution in [0.2, 0.25) is 0 Å². The summed E-state index contributed by atoms with van der Waals surface area (Å²) < 4.78 is 32.8. The lowest BCUT2D eigenvalue weighted by Gasteiger charge is -2.10. The minimum atomic E-state index is -3.39. The first kappa shape index (κ1) is 15.3. The van der Waals surface area contributed by atoms with Gasteiger partial charge in [0.1, 0.15) is 0 Å². The Morgan fingerprint density at radius 2 is 1.94 bits per heavy atom. The quantitative estimate of drug-likeness (QED) is 0.579. The second kappa shape index (κ2) is 7.59. The maximum atomic E-state index is 11.5. The van der Waals surface area contributed by atoms with Crippen LogP contribution >= 0.6 is 0 Å². The van der Waals surface area contributed by atoms with Crippen LogP contribution in [0.15, 0.2) is 0 Å². The van der Waals surface area contributed by atoms with Crippen molar-refractivity contribution in [2.75, 3.05) is 32.7 Å². The van der Waals surface area contributed by atoms with Crippen LogP contribution in [-0.2, 0) is 24.1 Å². The number of sulfone groups is 1. The zero-order valence-electron chi connectivity index (χ0n) is 9.51. The van der Waals surface area contributed by atoms with Gasteiger partial charge in [0, 0.05) is 7.11 Å². The molecule has 0 aromatic rings. The molecule has 0 aliphatic heterocycles. The zero-order valence-corrected chi connectivity index (χ0v) is 10.3. The van der Waals surface area contributed by atoms with E-state index in [1.54, 1.807) is 0 Å². The van der Waals surface area contributed by atoms with Crippen LogP contribution in [0.1, 0.15) is 13.3 Å². The molecule has 0 spiro atoms. The fraction of sp³-hybridized carbons (Fsp3) is 0.889. The lowest BCUT2D eigenvalue weighted by atomic mass is 10.3. The Kier molecular flexibility index (Phi) is 7.27. The SMILES string of the molecule is COCCOCCS(=O)(=O)C(C)CC(=O)O. The Balaban J connectivity index is 3.91. The van der Waals surface area contributed by atoms with Crippen LogP contribution in [0.25, 0.3) is 0 Å². The molecule has 6 nitrogen and oxygen atoms in total. The van der Waals surface area contributed by atoms with Crippen molar-refractivity contribution in [3.63, 3.8) is 0 Å². The van der Waals surface area contributed by atoms with Gasteiger partial charge >= 0.3 is 5.97 Å². The number of ether oxygens (including phenoxy) is 2. The number of carboxylic acid groups (broad SMARTS) is 1. The smallest absolute Gasteiger partial charge is 0.304 e. The number of hydrogen-bond acceptors (Lipinski definition) is 5. The third kappa shape index (κ3) is 6.76. The van der Waals surface area contributed by atoms with Crippen molar-refractivity contribution in [1.29, 1.82) is 0 Å². The number of carboxylic acids is 1. The molecule has 0 rings (SSSR count). The van der Waals surface area contributed by atoms with Crippen molar-refractivity contribution < 1.29 is 27.8 Å². The van der Waals surface area contributed by atoms with E-state index < -0.39 is 21.1 Å². The van der Waals surface area contributed by atoms with Gasteiger partial charge in [0.25, 0.3) is 0 Å². The Hall–Kier alpha value is -0.660. The average Bonchev–Trinajstić information content (AvgIpc) is 2.16. The van der Waals surface area contributed by atoms with E-state index in [0.717, 1.165) is 0 Å². The van der Waals surface area contributed by atoms with Crippen molar-refractivity contribution in [2.24, 2.45) is 0 Å². The van der Waals surface area contributed by atoms with Gasteiger partial charge in [-0.15, -0.1) is 0 Å². The second-order valence-corrected chi connectivity index (χ2v) is 5.92. The molecule has 0 aliphatic rings. The summed E-state index contributed by atoms with van der Waals surface area (Å²) in [6.07, 6.45) is -0.375. The van der Waals surface area contributed by atoms with Gasteiger partial charge in [0.05, 0.1) is 37.2 Å². The Morgan fingerprint density at radius 3 is 2.44 bits per heavy atom. The van der Waals surface area contributed by atoms with Crippen molar-refractivity contribution in [1.82, 2.24) is 0 Å². The van der Waals surface area contributed by atoms with E-state index in [1.165, 1.54) is 14.0 Å². The number of rotatable bonds is 9. The number of methoxy groups -OCH3 is 1. The molecule has 0 saturated carbocycles. The van der Waals surface area contributed by atoms with E-state index in [2.05, 4.69) is 0 Å². The van der Waals surface area contributed by atoms with Gasteiger partial charge in [0.2, 0.25) is 0 Å². The van der Waals surface area contributed by atoms with Crippen molar-refractivity contribution >= 4 is 15.8 Å². The van der Waals surface area contributed by atoms with Gasteiger partial charge in [0.15, 0.2) is 9.84 Å². The number of hydrogen-bond donors (Lipinski definition) is 1. The highest BCUT2D eigenvalue weighted by atomic mass is 32.2. The molecular weight excluding hydrogens is 236 g/mol. The fourth-order valence-corrected chi connectivity index (χ4v) is 2.14. The molecule has 0 amide bonds. The molecule has 0 bridgehead atoms. The zero-order chi connectivity index (χ0) is 12.6. The van der Waals surface area contributed by atoms with Crippen LogP contribution in [0.4, 0.5) is 0 Å². The van der Waals surface area contributed by atoms with Crippen LogP contribution in [0.5, 0.6) is 0 Å². The third-order valence-corrected chi connectivity index (χ3v) is 4.15. The van der Waals surface area contributed by atoms with E-state index in [0.29, 0.717) is 13.2 Å². The van der Waals surface area contributed by atoms with Gasteiger partial charge in [-0.3, -0.25) is 4.79 Å². The normalized spacial score (nSPS) is 13.6. The van der Waals surface area contributed by atoms with Gasteiger partial charge in [-0.05, 0) is 6.92 Å². The highest BCUT2D eigenvalue weighted by Crippen LogP contribution is 2.06. The highest BCUT2D eigenvalue weighted by Gasteiger charge is 2.22. The lowest BCUT2D eigenvalue weighted by Crippen LogP contribution is -2.26. The summed E-state index contributed by atoms with van der Waals surface area (Å²) in [6.45, 7) is 2.19. The standard InChI is InChI=1S/C9H18O6S/c1-8(7-9(10)11)16(12,13)6-5-15-4-3-14-2/h8H,3-7H2,1-2H3,(H,10,11). The minimum Gasteiger partial charge on any atom is -0.481 e. The molecule has 1 unspecified atom stereocenters. The van der Waals surface area contributed by atoms with E-state index in [-0.39, 0.29) is 18.8 Å². The molecule has 0 radical (unpaired) electrons. The Bertz CT molecular complexity index is 297. The monoisotopic (exact) mass is 254 g/mol. The predicted molar refractivity (Wildman–Crippen MR) is 58.2 cm³/mol. The Morgan fingerprint density at radius 1 is 1.31 bits per heavy atom. The summed E-state index contributed by atoms with van der Waals surface area (Å²) >= 11 is 0. The van der Waals surface area contributed by atoms with Crippen LogP contribution in [0, 0.1) is 0 Å². The third-order valence-electron chi connectivity index (χ3n) is 2.02. The molecule has 0 aromatic heterocycles. The molecule has 7 heteroatoms. The molecule has 0 fully saturated rings.